The van der Waals surface area contributed by atoms with Crippen molar-refractivity contribution in [3.63, 3.8) is 0 Å². The Morgan fingerprint density at radius 2 is 2.05 bits per heavy atom. The van der Waals surface area contributed by atoms with Crippen LogP contribution in [-0.2, 0) is 11.1 Å². The van der Waals surface area contributed by atoms with Crippen molar-refractivity contribution in [3.8, 4) is 5.75 Å². The molecule has 0 radical (unpaired) electrons. The van der Waals surface area contributed by atoms with Gasteiger partial charge in [-0.3, -0.25) is 0 Å². The van der Waals surface area contributed by atoms with Crippen LogP contribution in [0.3, 0.4) is 0 Å². The van der Waals surface area contributed by atoms with Crippen LogP contribution >= 0.6 is 27.7 Å². The minimum absolute atomic E-state index is 0.274. The fourth-order valence-electron chi connectivity index (χ4n) is 2.14. The van der Waals surface area contributed by atoms with Crippen LogP contribution in [0.2, 0.25) is 0 Å². The molecule has 2 nitrogen and oxygen atoms in total. The SMILES string of the molecule is COBOc1ccc(Br)c2c1Sc1ccccc1C2. The summed E-state index contributed by atoms with van der Waals surface area (Å²) in [6, 6.07) is 12.5. The molecular weight excluding hydrogens is 323 g/mol. The highest BCUT2D eigenvalue weighted by atomic mass is 79.9. The molecule has 0 saturated heterocycles. The second-order valence-corrected chi connectivity index (χ2v) is 6.20. The fraction of sp³-hybridized carbons (Fsp3) is 0.143. The van der Waals surface area contributed by atoms with E-state index in [2.05, 4.69) is 40.2 Å². The van der Waals surface area contributed by atoms with E-state index in [0.29, 0.717) is 0 Å². The Labute approximate surface area is 125 Å². The Morgan fingerprint density at radius 1 is 1.21 bits per heavy atom. The average molecular weight is 335 g/mol. The summed E-state index contributed by atoms with van der Waals surface area (Å²) in [6.45, 7) is 0. The van der Waals surface area contributed by atoms with Gasteiger partial charge in [0.15, 0.2) is 0 Å². The molecule has 1 heterocycles. The van der Waals surface area contributed by atoms with Crippen molar-refractivity contribution >= 4 is 35.4 Å². The van der Waals surface area contributed by atoms with Gasteiger partial charge in [-0.15, -0.1) is 0 Å². The molecule has 3 rings (SSSR count). The monoisotopic (exact) mass is 334 g/mol. The molecule has 2 aromatic carbocycles. The van der Waals surface area contributed by atoms with Crippen LogP contribution in [0.4, 0.5) is 0 Å². The van der Waals surface area contributed by atoms with Crippen molar-refractivity contribution in [2.75, 3.05) is 7.11 Å². The molecule has 5 heteroatoms. The van der Waals surface area contributed by atoms with Crippen LogP contribution in [0.5, 0.6) is 5.75 Å². The lowest BCUT2D eigenvalue weighted by Gasteiger charge is -2.22. The highest BCUT2D eigenvalue weighted by molar-refractivity contribution is 9.10. The van der Waals surface area contributed by atoms with E-state index in [4.69, 9.17) is 9.31 Å². The van der Waals surface area contributed by atoms with Gasteiger partial charge >= 0.3 is 7.69 Å². The van der Waals surface area contributed by atoms with Crippen molar-refractivity contribution in [2.24, 2.45) is 0 Å². The summed E-state index contributed by atoms with van der Waals surface area (Å²) in [5.41, 5.74) is 2.65. The van der Waals surface area contributed by atoms with Crippen molar-refractivity contribution in [3.05, 3.63) is 52.0 Å². The van der Waals surface area contributed by atoms with Crippen LogP contribution in [0.15, 0.2) is 50.7 Å². The lowest BCUT2D eigenvalue weighted by atomic mass is 10.0. The second kappa shape index (κ2) is 5.61. The zero-order valence-corrected chi connectivity index (χ0v) is 12.9. The molecule has 0 aliphatic carbocycles. The quantitative estimate of drug-likeness (QED) is 0.679. The third-order valence-electron chi connectivity index (χ3n) is 3.05. The molecule has 1 aliphatic rings. The van der Waals surface area contributed by atoms with E-state index >= 15 is 0 Å². The first kappa shape index (κ1) is 13.1. The van der Waals surface area contributed by atoms with E-state index in [9.17, 15) is 0 Å². The standard InChI is InChI=1S/C14H12BBrO2S/c1-17-15-18-12-7-6-11(16)10-8-9-4-2-3-5-13(9)19-14(10)12/h2-7,15H,8H2,1H3. The average Bonchev–Trinajstić information content (AvgIpc) is 2.45. The third kappa shape index (κ3) is 2.55. The van der Waals surface area contributed by atoms with Gasteiger partial charge in [0.2, 0.25) is 0 Å². The Kier molecular flexibility index (Phi) is 3.87. The second-order valence-electron chi connectivity index (χ2n) is 4.29. The normalized spacial score (nSPS) is 12.5. The molecule has 19 heavy (non-hydrogen) atoms. The smallest absolute Gasteiger partial charge is 0.506 e. The summed E-state index contributed by atoms with van der Waals surface area (Å²) in [5, 5.41) is 0. The van der Waals surface area contributed by atoms with Crippen molar-refractivity contribution in [1.82, 2.24) is 0 Å². The molecule has 0 spiro atoms. The number of fused-ring (bicyclic) bond motifs is 2. The highest BCUT2D eigenvalue weighted by Gasteiger charge is 2.21. The molecular formula is C14H12BBrO2S. The van der Waals surface area contributed by atoms with Crippen LogP contribution < -0.4 is 4.65 Å². The number of hydrogen-bond acceptors (Lipinski definition) is 3. The Bertz CT molecular complexity index is 618. The first-order valence-corrected chi connectivity index (χ1v) is 7.59. The summed E-state index contributed by atoms with van der Waals surface area (Å²) in [6.07, 6.45) is 0.934. The topological polar surface area (TPSA) is 18.5 Å². The number of rotatable bonds is 3. The molecule has 0 fully saturated rings. The van der Waals surface area contributed by atoms with Gasteiger partial charge in [0.05, 0.1) is 4.90 Å². The van der Waals surface area contributed by atoms with Gasteiger partial charge < -0.3 is 9.31 Å². The maximum atomic E-state index is 5.66. The maximum Gasteiger partial charge on any atom is 0.506 e. The first-order chi connectivity index (χ1) is 9.29. The summed E-state index contributed by atoms with van der Waals surface area (Å²) in [5.74, 6) is 0.888. The molecule has 0 aromatic heterocycles. The van der Waals surface area contributed by atoms with Gasteiger partial charge in [0.25, 0.3) is 0 Å². The Hall–Kier alpha value is -0.905. The number of halogens is 1. The minimum atomic E-state index is 0.274. The zero-order chi connectivity index (χ0) is 13.2. The molecule has 0 bridgehead atoms. The van der Waals surface area contributed by atoms with Crippen molar-refractivity contribution in [1.29, 1.82) is 0 Å². The van der Waals surface area contributed by atoms with Gasteiger partial charge in [-0.2, -0.15) is 0 Å². The predicted molar refractivity (Wildman–Crippen MR) is 82.3 cm³/mol. The maximum absolute atomic E-state index is 5.66. The summed E-state index contributed by atoms with van der Waals surface area (Å²) in [4.78, 5) is 2.49. The van der Waals surface area contributed by atoms with Gasteiger partial charge in [-0.1, -0.05) is 45.9 Å². The Morgan fingerprint density at radius 3 is 2.89 bits per heavy atom. The first-order valence-electron chi connectivity index (χ1n) is 5.98. The van der Waals surface area contributed by atoms with E-state index in [1.807, 2.05) is 12.1 Å². The minimum Gasteiger partial charge on any atom is -0.538 e. The Balaban J connectivity index is 2.03. The van der Waals surface area contributed by atoms with Gasteiger partial charge in [0.1, 0.15) is 5.75 Å². The molecule has 0 N–H and O–H groups in total. The highest BCUT2D eigenvalue weighted by Crippen LogP contribution is 2.46. The van der Waals surface area contributed by atoms with Crippen LogP contribution in [0.1, 0.15) is 11.1 Å². The fourth-order valence-corrected chi connectivity index (χ4v) is 3.92. The summed E-state index contributed by atoms with van der Waals surface area (Å²) >= 11 is 5.40. The van der Waals surface area contributed by atoms with Gasteiger partial charge in [0, 0.05) is 22.9 Å². The third-order valence-corrected chi connectivity index (χ3v) is 5.06. The molecule has 0 unspecified atom stereocenters. The molecule has 2 aromatic rings. The van der Waals surface area contributed by atoms with Crippen LogP contribution in [0.25, 0.3) is 0 Å². The summed E-state index contributed by atoms with van der Waals surface area (Å²) < 4.78 is 11.8. The van der Waals surface area contributed by atoms with E-state index in [0.717, 1.165) is 16.6 Å². The van der Waals surface area contributed by atoms with Crippen molar-refractivity contribution < 1.29 is 9.31 Å². The zero-order valence-electron chi connectivity index (χ0n) is 10.5. The number of hydrogen-bond donors (Lipinski definition) is 0. The summed E-state index contributed by atoms with van der Waals surface area (Å²) in [7, 11) is 1.91. The molecule has 0 saturated carbocycles. The molecule has 96 valence electrons. The molecule has 1 aliphatic heterocycles. The largest absolute Gasteiger partial charge is 0.538 e. The lowest BCUT2D eigenvalue weighted by Crippen LogP contribution is -2.08. The van der Waals surface area contributed by atoms with E-state index in [1.54, 1.807) is 18.9 Å². The molecule has 0 atom stereocenters. The lowest BCUT2D eigenvalue weighted by molar-refractivity contribution is 0.363. The van der Waals surface area contributed by atoms with Gasteiger partial charge in [-0.05, 0) is 29.3 Å². The van der Waals surface area contributed by atoms with Gasteiger partial charge in [-0.25, -0.2) is 0 Å². The van der Waals surface area contributed by atoms with E-state index in [-0.39, 0.29) is 7.69 Å². The molecule has 0 amide bonds. The van der Waals surface area contributed by atoms with E-state index in [1.165, 1.54) is 20.9 Å². The predicted octanol–water partition coefficient (Wildman–Crippen LogP) is 3.80. The van der Waals surface area contributed by atoms with Crippen LogP contribution in [-0.4, -0.2) is 14.8 Å². The van der Waals surface area contributed by atoms with Crippen LogP contribution in [0, 0.1) is 0 Å². The van der Waals surface area contributed by atoms with E-state index < -0.39 is 0 Å². The number of benzene rings is 2. The van der Waals surface area contributed by atoms with Crippen molar-refractivity contribution in [2.45, 2.75) is 16.2 Å².